The number of hydrogen-bond acceptors (Lipinski definition) is 4. The number of hydrogen-bond donors (Lipinski definition) is 2. The fourth-order valence-corrected chi connectivity index (χ4v) is 4.63. The van der Waals surface area contributed by atoms with E-state index in [1.54, 1.807) is 12.1 Å². The van der Waals surface area contributed by atoms with Gasteiger partial charge in [-0.15, -0.1) is 0 Å². The number of nitrogens with zero attached hydrogens (tertiary/aromatic N) is 1. The third-order valence-electron chi connectivity index (χ3n) is 6.33. The Morgan fingerprint density at radius 3 is 2.33 bits per heavy atom. The monoisotopic (exact) mass is 440 g/mol. The van der Waals surface area contributed by atoms with Gasteiger partial charge in [-0.05, 0) is 43.6 Å². The van der Waals surface area contributed by atoms with E-state index in [0.717, 1.165) is 42.6 Å². The van der Waals surface area contributed by atoms with Crippen molar-refractivity contribution in [2.24, 2.45) is 0 Å². The van der Waals surface area contributed by atoms with E-state index in [4.69, 9.17) is 4.42 Å². The summed E-state index contributed by atoms with van der Waals surface area (Å²) in [7, 11) is 0. The molecule has 2 N–H and O–H groups in total. The molecule has 5 heteroatoms. The van der Waals surface area contributed by atoms with E-state index in [1.165, 1.54) is 6.42 Å². The first-order valence-electron chi connectivity index (χ1n) is 11.6. The number of nitrogens with one attached hydrogen (secondary N) is 1. The quantitative estimate of drug-likeness (QED) is 0.402. The number of carbonyl (C=O) groups is 1. The molecule has 0 spiro atoms. The maximum atomic E-state index is 13.6. The van der Waals surface area contributed by atoms with Gasteiger partial charge in [0.2, 0.25) is 0 Å². The number of carbonyl (C=O) groups excluding carboxylic acids is 1. The zero-order valence-corrected chi connectivity index (χ0v) is 18.6. The van der Waals surface area contributed by atoms with Gasteiger partial charge in [0.1, 0.15) is 17.1 Å². The molecule has 0 aliphatic carbocycles. The summed E-state index contributed by atoms with van der Waals surface area (Å²) >= 11 is 0. The number of amides is 1. The van der Waals surface area contributed by atoms with Crippen molar-refractivity contribution in [3.05, 3.63) is 89.5 Å². The van der Waals surface area contributed by atoms with Gasteiger partial charge in [0.25, 0.3) is 5.91 Å². The van der Waals surface area contributed by atoms with Crippen molar-refractivity contribution in [3.8, 4) is 17.1 Å². The number of aromatic hydroxyl groups is 1. The minimum atomic E-state index is -0.207. The number of likely N-dealkylation sites (tertiary alicyclic amines) is 1. The summed E-state index contributed by atoms with van der Waals surface area (Å²) in [4.78, 5) is 15.9. The molecule has 5 rings (SSSR count). The third kappa shape index (κ3) is 4.50. The van der Waals surface area contributed by atoms with Crippen LogP contribution in [0.2, 0.25) is 0 Å². The molecule has 1 aliphatic rings. The van der Waals surface area contributed by atoms with Crippen LogP contribution in [0.1, 0.15) is 40.7 Å². The average Bonchev–Trinajstić information content (AvgIpc) is 3.26. The van der Waals surface area contributed by atoms with E-state index in [0.29, 0.717) is 35.4 Å². The van der Waals surface area contributed by atoms with Crippen molar-refractivity contribution < 1.29 is 14.3 Å². The summed E-state index contributed by atoms with van der Waals surface area (Å²) in [6, 6.07) is 23.0. The average molecular weight is 441 g/mol. The van der Waals surface area contributed by atoms with Gasteiger partial charge in [-0.3, -0.25) is 9.69 Å². The SMILES string of the molecule is O=C(NCc1ccccc1)c1c(-c2ccccc2)oc2ccc(O)c(CN3CCCCC3)c12. The molecule has 0 radical (unpaired) electrons. The van der Waals surface area contributed by atoms with Crippen LogP contribution >= 0.6 is 0 Å². The third-order valence-corrected chi connectivity index (χ3v) is 6.33. The maximum absolute atomic E-state index is 13.6. The first kappa shape index (κ1) is 21.3. The molecule has 1 aromatic heterocycles. The predicted molar refractivity (Wildman–Crippen MR) is 130 cm³/mol. The van der Waals surface area contributed by atoms with E-state index in [2.05, 4.69) is 10.2 Å². The van der Waals surface area contributed by atoms with Crippen molar-refractivity contribution in [1.29, 1.82) is 0 Å². The number of piperidine rings is 1. The van der Waals surface area contributed by atoms with Crippen LogP contribution in [0.3, 0.4) is 0 Å². The fraction of sp³-hybridized carbons (Fsp3) is 0.250. The van der Waals surface area contributed by atoms with Crippen molar-refractivity contribution in [3.63, 3.8) is 0 Å². The van der Waals surface area contributed by atoms with E-state index >= 15 is 0 Å². The van der Waals surface area contributed by atoms with Crippen LogP contribution in [0.5, 0.6) is 5.75 Å². The standard InChI is InChI=1S/C28H28N2O3/c31-23-14-15-24-25(22(23)19-30-16-8-3-9-17-30)26(27(33-24)21-12-6-2-7-13-21)28(32)29-18-20-10-4-1-5-11-20/h1-2,4-7,10-15,31H,3,8-9,16-19H2,(H,29,32). The summed E-state index contributed by atoms with van der Waals surface area (Å²) in [6.45, 7) is 3.00. The van der Waals surface area contributed by atoms with Gasteiger partial charge >= 0.3 is 0 Å². The van der Waals surface area contributed by atoms with Crippen LogP contribution in [-0.4, -0.2) is 29.0 Å². The van der Waals surface area contributed by atoms with Crippen LogP contribution < -0.4 is 5.32 Å². The predicted octanol–water partition coefficient (Wildman–Crippen LogP) is 5.72. The first-order chi connectivity index (χ1) is 16.2. The van der Waals surface area contributed by atoms with Crippen LogP contribution in [0.25, 0.3) is 22.3 Å². The molecule has 4 aromatic rings. The van der Waals surface area contributed by atoms with Crippen LogP contribution in [0, 0.1) is 0 Å². The summed E-state index contributed by atoms with van der Waals surface area (Å²) in [6.07, 6.45) is 3.55. The van der Waals surface area contributed by atoms with Crippen molar-refractivity contribution in [2.45, 2.75) is 32.4 Å². The van der Waals surface area contributed by atoms with E-state index < -0.39 is 0 Å². The normalized spacial score (nSPS) is 14.4. The molecule has 1 saturated heterocycles. The summed E-state index contributed by atoms with van der Waals surface area (Å²) in [5.74, 6) is 0.522. The highest BCUT2D eigenvalue weighted by atomic mass is 16.3. The Morgan fingerprint density at radius 2 is 1.61 bits per heavy atom. The second kappa shape index (κ2) is 9.51. The lowest BCUT2D eigenvalue weighted by molar-refractivity contribution is 0.0952. The minimum Gasteiger partial charge on any atom is -0.508 e. The maximum Gasteiger partial charge on any atom is 0.256 e. The number of fused-ring (bicyclic) bond motifs is 1. The molecule has 1 amide bonds. The highest BCUT2D eigenvalue weighted by Gasteiger charge is 2.26. The number of phenols is 1. The molecule has 0 saturated carbocycles. The van der Waals surface area contributed by atoms with E-state index in [9.17, 15) is 9.90 Å². The number of rotatable bonds is 6. The fourth-order valence-electron chi connectivity index (χ4n) is 4.63. The zero-order valence-electron chi connectivity index (χ0n) is 18.6. The Hall–Kier alpha value is -3.57. The number of benzene rings is 3. The molecule has 0 unspecified atom stereocenters. The molecule has 1 fully saturated rings. The Balaban J connectivity index is 1.60. The Bertz CT molecular complexity index is 1240. The molecule has 2 heterocycles. The van der Waals surface area contributed by atoms with Crippen LogP contribution in [0.4, 0.5) is 0 Å². The lowest BCUT2D eigenvalue weighted by atomic mass is 9.99. The second-order valence-electron chi connectivity index (χ2n) is 8.61. The van der Waals surface area contributed by atoms with Gasteiger partial charge in [-0.1, -0.05) is 67.1 Å². The molecule has 168 valence electrons. The van der Waals surface area contributed by atoms with Gasteiger partial charge < -0.3 is 14.8 Å². The minimum absolute atomic E-state index is 0.200. The summed E-state index contributed by atoms with van der Waals surface area (Å²) in [5.41, 5.74) is 3.71. The molecule has 0 atom stereocenters. The van der Waals surface area contributed by atoms with E-state index in [1.807, 2.05) is 60.7 Å². The Kier molecular flexibility index (Phi) is 6.13. The molecule has 5 nitrogen and oxygen atoms in total. The highest BCUT2D eigenvalue weighted by molar-refractivity contribution is 6.12. The topological polar surface area (TPSA) is 65.7 Å². The second-order valence-corrected chi connectivity index (χ2v) is 8.61. The number of furan rings is 1. The molecular weight excluding hydrogens is 412 g/mol. The first-order valence-corrected chi connectivity index (χ1v) is 11.6. The largest absolute Gasteiger partial charge is 0.508 e. The highest BCUT2D eigenvalue weighted by Crippen LogP contribution is 2.39. The van der Waals surface area contributed by atoms with Gasteiger partial charge in [0, 0.05) is 29.6 Å². The molecule has 33 heavy (non-hydrogen) atoms. The van der Waals surface area contributed by atoms with E-state index in [-0.39, 0.29) is 11.7 Å². The van der Waals surface area contributed by atoms with Gasteiger partial charge in [0.15, 0.2) is 0 Å². The molecular formula is C28H28N2O3. The summed E-state index contributed by atoms with van der Waals surface area (Å²) in [5, 5.41) is 14.6. The zero-order chi connectivity index (χ0) is 22.6. The number of phenolic OH excluding ortho intramolecular Hbond substituents is 1. The molecule has 1 aliphatic heterocycles. The smallest absolute Gasteiger partial charge is 0.256 e. The molecule has 0 bridgehead atoms. The van der Waals surface area contributed by atoms with Crippen molar-refractivity contribution >= 4 is 16.9 Å². The van der Waals surface area contributed by atoms with Crippen molar-refractivity contribution in [2.75, 3.05) is 13.1 Å². The Morgan fingerprint density at radius 1 is 0.909 bits per heavy atom. The van der Waals surface area contributed by atoms with Crippen LogP contribution in [0.15, 0.2) is 77.2 Å². The lowest BCUT2D eigenvalue weighted by Gasteiger charge is -2.27. The van der Waals surface area contributed by atoms with Crippen LogP contribution in [-0.2, 0) is 13.1 Å². The van der Waals surface area contributed by atoms with Gasteiger partial charge in [0.05, 0.1) is 5.56 Å². The Labute approximate surface area is 193 Å². The van der Waals surface area contributed by atoms with Crippen molar-refractivity contribution in [1.82, 2.24) is 10.2 Å². The molecule has 3 aromatic carbocycles. The van der Waals surface area contributed by atoms with Gasteiger partial charge in [-0.25, -0.2) is 0 Å². The summed E-state index contributed by atoms with van der Waals surface area (Å²) < 4.78 is 6.25. The lowest BCUT2D eigenvalue weighted by Crippen LogP contribution is -2.29. The van der Waals surface area contributed by atoms with Gasteiger partial charge in [-0.2, -0.15) is 0 Å².